The van der Waals surface area contributed by atoms with Gasteiger partial charge in [0.2, 0.25) is 0 Å². The maximum absolute atomic E-state index is 13.6. The summed E-state index contributed by atoms with van der Waals surface area (Å²) >= 11 is 0. The molecule has 1 atom stereocenters. The minimum Gasteiger partial charge on any atom is -0.381 e. The summed E-state index contributed by atoms with van der Waals surface area (Å²) in [6.07, 6.45) is 4.85. The van der Waals surface area contributed by atoms with Crippen molar-refractivity contribution in [2.24, 2.45) is 0 Å². The van der Waals surface area contributed by atoms with Gasteiger partial charge in [0.25, 0.3) is 5.91 Å². The number of fused-ring (bicyclic) bond motifs is 1. The highest BCUT2D eigenvalue weighted by atomic mass is 16.5. The van der Waals surface area contributed by atoms with E-state index in [1.54, 1.807) is 7.11 Å². The average Bonchev–Trinajstić information content (AvgIpc) is 3.31. The smallest absolute Gasteiger partial charge is 0.254 e. The first-order chi connectivity index (χ1) is 17.0. The van der Waals surface area contributed by atoms with Crippen molar-refractivity contribution in [3.63, 3.8) is 0 Å². The van der Waals surface area contributed by atoms with E-state index in [1.165, 1.54) is 5.56 Å². The lowest BCUT2D eigenvalue weighted by atomic mass is 9.88. The van der Waals surface area contributed by atoms with E-state index < -0.39 is 0 Å². The first kappa shape index (κ1) is 23.3. The molecule has 1 fully saturated rings. The third kappa shape index (κ3) is 4.61. The maximum Gasteiger partial charge on any atom is 0.254 e. The summed E-state index contributed by atoms with van der Waals surface area (Å²) in [5, 5.41) is 9.03. The molecule has 6 nitrogen and oxygen atoms in total. The monoisotopic (exact) mass is 468 g/mol. The van der Waals surface area contributed by atoms with Crippen LogP contribution in [0.2, 0.25) is 0 Å². The van der Waals surface area contributed by atoms with Gasteiger partial charge in [0.1, 0.15) is 5.82 Å². The van der Waals surface area contributed by atoms with E-state index >= 15 is 0 Å². The minimum atomic E-state index is 0.0952. The normalized spacial score (nSPS) is 18.2. The number of nitrogens with one attached hydrogen (secondary N) is 1. The number of nitriles is 1. The van der Waals surface area contributed by atoms with Crippen molar-refractivity contribution in [1.29, 1.82) is 5.26 Å². The molecule has 0 radical (unpaired) electrons. The van der Waals surface area contributed by atoms with Gasteiger partial charge >= 0.3 is 0 Å². The Morgan fingerprint density at radius 3 is 2.54 bits per heavy atom. The fraction of sp³-hybridized carbons (Fsp3) is 0.414. The van der Waals surface area contributed by atoms with Gasteiger partial charge in [-0.15, -0.1) is 0 Å². The molecule has 1 aliphatic heterocycles. The summed E-state index contributed by atoms with van der Waals surface area (Å²) in [4.78, 5) is 24.0. The molecule has 6 heteroatoms. The van der Waals surface area contributed by atoms with E-state index in [9.17, 15) is 4.79 Å². The molecule has 1 amide bonds. The Bertz CT molecular complexity index is 1280. The molecule has 0 spiro atoms. The molecule has 0 bridgehead atoms. The molecule has 180 valence electrons. The van der Waals surface area contributed by atoms with Crippen LogP contribution in [0.4, 0.5) is 0 Å². The highest BCUT2D eigenvalue weighted by Crippen LogP contribution is 2.32. The number of hydrogen-bond acceptors (Lipinski definition) is 4. The van der Waals surface area contributed by atoms with Crippen LogP contribution in [0.1, 0.15) is 69.2 Å². The van der Waals surface area contributed by atoms with Crippen molar-refractivity contribution in [3.05, 3.63) is 75.6 Å². The van der Waals surface area contributed by atoms with Crippen LogP contribution >= 0.6 is 0 Å². The second kappa shape index (κ2) is 9.67. The number of hydrogen-bond donors (Lipinski definition) is 1. The van der Waals surface area contributed by atoms with Crippen LogP contribution in [0.25, 0.3) is 11.4 Å². The van der Waals surface area contributed by atoms with Gasteiger partial charge in [0.05, 0.1) is 23.4 Å². The highest BCUT2D eigenvalue weighted by Gasteiger charge is 2.27. The summed E-state index contributed by atoms with van der Waals surface area (Å²) in [7, 11) is 1.77. The number of methoxy groups -OCH3 is 1. The Morgan fingerprint density at radius 1 is 1.11 bits per heavy atom. The Kier molecular flexibility index (Phi) is 6.44. The van der Waals surface area contributed by atoms with Crippen molar-refractivity contribution in [2.75, 3.05) is 20.2 Å². The van der Waals surface area contributed by atoms with Crippen LogP contribution in [0.15, 0.2) is 36.4 Å². The van der Waals surface area contributed by atoms with E-state index in [2.05, 4.69) is 36.2 Å². The zero-order valence-electron chi connectivity index (χ0n) is 20.7. The predicted molar refractivity (Wildman–Crippen MR) is 135 cm³/mol. The number of aromatic amines is 1. The number of H-pyrrole nitrogens is 1. The van der Waals surface area contributed by atoms with Crippen molar-refractivity contribution < 1.29 is 9.53 Å². The molecule has 1 aliphatic carbocycles. The van der Waals surface area contributed by atoms with Gasteiger partial charge in [0.15, 0.2) is 0 Å². The fourth-order valence-corrected chi connectivity index (χ4v) is 5.53. The van der Waals surface area contributed by atoms with Crippen molar-refractivity contribution >= 4 is 5.91 Å². The number of amides is 1. The Labute approximate surface area is 206 Å². The van der Waals surface area contributed by atoms with Gasteiger partial charge in [-0.05, 0) is 80.3 Å². The van der Waals surface area contributed by atoms with Crippen molar-refractivity contribution in [1.82, 2.24) is 14.9 Å². The summed E-state index contributed by atoms with van der Waals surface area (Å²) in [5.74, 6) is 1.36. The van der Waals surface area contributed by atoms with Gasteiger partial charge in [-0.1, -0.05) is 18.2 Å². The summed E-state index contributed by atoms with van der Waals surface area (Å²) in [6.45, 7) is 5.57. The third-order valence-electron chi connectivity index (χ3n) is 7.68. The van der Waals surface area contributed by atoms with Crippen LogP contribution in [-0.4, -0.2) is 47.1 Å². The van der Waals surface area contributed by atoms with E-state index in [-0.39, 0.29) is 12.0 Å². The number of piperidine rings is 1. The lowest BCUT2D eigenvalue weighted by Crippen LogP contribution is -2.38. The Balaban J connectivity index is 1.33. The molecule has 1 unspecified atom stereocenters. The molecule has 0 saturated carbocycles. The number of carbonyl (C=O) groups excluding carboxylic acids is 1. The van der Waals surface area contributed by atoms with Gasteiger partial charge in [-0.3, -0.25) is 4.79 Å². The number of aromatic nitrogens is 2. The average molecular weight is 469 g/mol. The van der Waals surface area contributed by atoms with Crippen LogP contribution in [0, 0.1) is 25.2 Å². The molecule has 1 saturated heterocycles. The lowest BCUT2D eigenvalue weighted by molar-refractivity contribution is 0.0712. The quantitative estimate of drug-likeness (QED) is 0.578. The summed E-state index contributed by atoms with van der Waals surface area (Å²) < 4.78 is 5.56. The Hall–Kier alpha value is -3.43. The predicted octanol–water partition coefficient (Wildman–Crippen LogP) is 5.09. The number of imidazole rings is 1. The molecular weight excluding hydrogens is 436 g/mol. The van der Waals surface area contributed by atoms with E-state index in [0.29, 0.717) is 11.5 Å². The SMILES string of the molecule is COC1CCc2nc(-c3cc(C(=O)N4CCC(c5ccc(C#N)cc5)CC4)c(C)cc3C)[nH]c2C1. The number of likely N-dealkylation sites (tertiary alicyclic amines) is 1. The van der Waals surface area contributed by atoms with Gasteiger partial charge in [0, 0.05) is 43.4 Å². The number of carbonyl (C=O) groups is 1. The first-order valence-corrected chi connectivity index (χ1v) is 12.5. The topological polar surface area (TPSA) is 82.0 Å². The molecule has 2 aliphatic rings. The molecule has 1 N–H and O–H groups in total. The van der Waals surface area contributed by atoms with Crippen LogP contribution in [0.3, 0.4) is 0 Å². The molecule has 2 heterocycles. The van der Waals surface area contributed by atoms with Crippen LogP contribution in [0.5, 0.6) is 0 Å². The van der Waals surface area contributed by atoms with Crippen molar-refractivity contribution in [2.45, 2.75) is 58.0 Å². The van der Waals surface area contributed by atoms with E-state index in [4.69, 9.17) is 15.0 Å². The molecule has 1 aromatic heterocycles. The van der Waals surface area contributed by atoms with E-state index in [1.807, 2.05) is 30.0 Å². The lowest BCUT2D eigenvalue weighted by Gasteiger charge is -2.32. The minimum absolute atomic E-state index is 0.0952. The molecule has 3 aromatic rings. The molecule has 35 heavy (non-hydrogen) atoms. The number of nitrogens with zero attached hydrogens (tertiary/aromatic N) is 3. The second-order valence-electron chi connectivity index (χ2n) is 9.89. The van der Waals surface area contributed by atoms with Gasteiger partial charge < -0.3 is 14.6 Å². The van der Waals surface area contributed by atoms with Crippen molar-refractivity contribution in [3.8, 4) is 17.5 Å². The molecule has 2 aromatic carbocycles. The van der Waals surface area contributed by atoms with E-state index in [0.717, 1.165) is 84.7 Å². The first-order valence-electron chi connectivity index (χ1n) is 12.5. The number of ether oxygens (including phenoxy) is 1. The summed E-state index contributed by atoms with van der Waals surface area (Å²) in [5.41, 5.74) is 8.07. The number of aryl methyl sites for hydroxylation is 3. The second-order valence-corrected chi connectivity index (χ2v) is 9.89. The largest absolute Gasteiger partial charge is 0.381 e. The zero-order chi connectivity index (χ0) is 24.5. The zero-order valence-corrected chi connectivity index (χ0v) is 20.7. The fourth-order valence-electron chi connectivity index (χ4n) is 5.53. The maximum atomic E-state index is 13.6. The summed E-state index contributed by atoms with van der Waals surface area (Å²) in [6, 6.07) is 14.2. The van der Waals surface area contributed by atoms with Gasteiger partial charge in [-0.2, -0.15) is 5.26 Å². The molecular formula is C29H32N4O2. The highest BCUT2D eigenvalue weighted by molar-refractivity contribution is 5.97. The van der Waals surface area contributed by atoms with Crippen LogP contribution < -0.4 is 0 Å². The van der Waals surface area contributed by atoms with Gasteiger partial charge in [-0.25, -0.2) is 4.98 Å². The number of benzene rings is 2. The Morgan fingerprint density at radius 2 is 1.86 bits per heavy atom. The van der Waals surface area contributed by atoms with Crippen LogP contribution in [-0.2, 0) is 17.6 Å². The third-order valence-corrected chi connectivity index (χ3v) is 7.68. The number of rotatable bonds is 4. The molecule has 5 rings (SSSR count). The standard InChI is InChI=1S/C29H32N4O2/c1-18-14-19(2)25(16-24(18)28-31-26-9-8-23(35-3)15-27(26)32-28)29(34)33-12-10-22(11-13-33)21-6-4-20(17-30)5-7-21/h4-7,14,16,22-23H,8-13,15H2,1-3H3,(H,31,32).